The van der Waals surface area contributed by atoms with E-state index in [0.29, 0.717) is 19.3 Å². The van der Waals surface area contributed by atoms with Crippen LogP contribution in [0.4, 0.5) is 0 Å². The molecule has 1 aliphatic rings. The number of sulfonamides is 2. The number of thiophene rings is 1. The lowest BCUT2D eigenvalue weighted by atomic mass is 10.2. The Balaban J connectivity index is 2.08. The lowest BCUT2D eigenvalue weighted by Crippen LogP contribution is -2.40. The summed E-state index contributed by atoms with van der Waals surface area (Å²) in [7, 11) is -7.12. The lowest BCUT2D eigenvalue weighted by molar-refractivity contribution is -0.140. The standard InChI is InChI=1S/C13H20N2O6S3/c1-2-23(18,19)14-8-7-10-5-6-12(22-10)24(20,21)15-9-3-4-11(15)13(16)17/h5-6,11,14H,2-4,7-9H2,1H3,(H,16,17). The van der Waals surface area contributed by atoms with Gasteiger partial charge >= 0.3 is 5.97 Å². The predicted octanol–water partition coefficient (Wildman–Crippen LogP) is 0.468. The zero-order chi connectivity index (χ0) is 18.0. The zero-order valence-electron chi connectivity index (χ0n) is 13.1. The summed E-state index contributed by atoms with van der Waals surface area (Å²) < 4.78 is 51.5. The van der Waals surface area contributed by atoms with Gasteiger partial charge in [-0.2, -0.15) is 4.31 Å². The first-order valence-electron chi connectivity index (χ1n) is 7.48. The van der Waals surface area contributed by atoms with E-state index in [1.165, 1.54) is 13.0 Å². The fourth-order valence-electron chi connectivity index (χ4n) is 2.45. The molecule has 1 aromatic heterocycles. The van der Waals surface area contributed by atoms with Crippen molar-refractivity contribution < 1.29 is 26.7 Å². The molecular weight excluding hydrogens is 376 g/mol. The van der Waals surface area contributed by atoms with Crippen molar-refractivity contribution in [3.8, 4) is 0 Å². The van der Waals surface area contributed by atoms with E-state index in [-0.39, 0.29) is 23.1 Å². The van der Waals surface area contributed by atoms with E-state index in [1.54, 1.807) is 6.07 Å². The van der Waals surface area contributed by atoms with Gasteiger partial charge in [0.15, 0.2) is 0 Å². The number of nitrogens with zero attached hydrogens (tertiary/aromatic N) is 1. The van der Waals surface area contributed by atoms with E-state index in [1.807, 2.05) is 0 Å². The molecule has 0 aliphatic carbocycles. The normalized spacial score (nSPS) is 19.6. The van der Waals surface area contributed by atoms with Crippen molar-refractivity contribution in [2.45, 2.75) is 36.4 Å². The average Bonchev–Trinajstić information content (AvgIpc) is 3.16. The zero-order valence-corrected chi connectivity index (χ0v) is 15.6. The molecular formula is C13H20N2O6S3. The molecule has 0 saturated carbocycles. The van der Waals surface area contributed by atoms with Crippen LogP contribution in [0.5, 0.6) is 0 Å². The molecule has 0 spiro atoms. The molecule has 2 rings (SSSR count). The molecule has 24 heavy (non-hydrogen) atoms. The number of carbonyl (C=O) groups is 1. The molecule has 0 radical (unpaired) electrons. The molecule has 0 amide bonds. The number of aliphatic carboxylic acids is 1. The van der Waals surface area contributed by atoms with Crippen LogP contribution in [0, 0.1) is 0 Å². The summed E-state index contributed by atoms with van der Waals surface area (Å²) in [4.78, 5) is 11.9. The first-order valence-corrected chi connectivity index (χ1v) is 11.4. The molecule has 1 fully saturated rings. The highest BCUT2D eigenvalue weighted by Gasteiger charge is 2.40. The van der Waals surface area contributed by atoms with Gasteiger partial charge in [0, 0.05) is 18.0 Å². The van der Waals surface area contributed by atoms with Gasteiger partial charge in [0.2, 0.25) is 10.0 Å². The molecule has 2 N–H and O–H groups in total. The first-order chi connectivity index (χ1) is 11.2. The summed E-state index contributed by atoms with van der Waals surface area (Å²) in [6.07, 6.45) is 1.21. The van der Waals surface area contributed by atoms with E-state index in [4.69, 9.17) is 5.11 Å². The highest BCUT2D eigenvalue weighted by molar-refractivity contribution is 7.91. The van der Waals surface area contributed by atoms with Crippen molar-refractivity contribution in [1.29, 1.82) is 0 Å². The van der Waals surface area contributed by atoms with E-state index < -0.39 is 32.1 Å². The summed E-state index contributed by atoms with van der Waals surface area (Å²) in [6.45, 7) is 1.92. The molecule has 0 aromatic carbocycles. The topological polar surface area (TPSA) is 121 Å². The minimum absolute atomic E-state index is 0.0113. The van der Waals surface area contributed by atoms with Crippen molar-refractivity contribution in [2.24, 2.45) is 0 Å². The van der Waals surface area contributed by atoms with Crippen LogP contribution < -0.4 is 4.72 Å². The second-order valence-corrected chi connectivity index (χ2v) is 10.8. The van der Waals surface area contributed by atoms with Crippen molar-refractivity contribution in [3.05, 3.63) is 17.0 Å². The fraction of sp³-hybridized carbons (Fsp3) is 0.615. The van der Waals surface area contributed by atoms with Crippen LogP contribution in [0.15, 0.2) is 16.3 Å². The van der Waals surface area contributed by atoms with Crippen molar-refractivity contribution in [3.63, 3.8) is 0 Å². The van der Waals surface area contributed by atoms with Crippen LogP contribution in [0.3, 0.4) is 0 Å². The third kappa shape index (κ3) is 4.33. The predicted molar refractivity (Wildman–Crippen MR) is 90.0 cm³/mol. The molecule has 1 aromatic rings. The van der Waals surface area contributed by atoms with Gasteiger partial charge in [0.25, 0.3) is 10.0 Å². The second-order valence-electron chi connectivity index (χ2n) is 5.38. The third-order valence-corrected chi connectivity index (χ3v) is 8.69. The maximum Gasteiger partial charge on any atom is 0.322 e. The Morgan fingerprint density at radius 1 is 1.38 bits per heavy atom. The van der Waals surface area contributed by atoms with Crippen LogP contribution in [0.2, 0.25) is 0 Å². The van der Waals surface area contributed by atoms with Gasteiger partial charge in [-0.25, -0.2) is 21.6 Å². The quantitative estimate of drug-likeness (QED) is 0.659. The minimum atomic E-state index is -3.84. The highest BCUT2D eigenvalue weighted by atomic mass is 32.2. The number of rotatable bonds is 8. The Hall–Kier alpha value is -1.01. The van der Waals surface area contributed by atoms with Crippen LogP contribution >= 0.6 is 11.3 Å². The largest absolute Gasteiger partial charge is 0.480 e. The van der Waals surface area contributed by atoms with Gasteiger partial charge in [-0.3, -0.25) is 4.79 Å². The Morgan fingerprint density at radius 2 is 2.08 bits per heavy atom. The Kier molecular flexibility index (Phi) is 6.02. The summed E-state index contributed by atoms with van der Waals surface area (Å²) in [6, 6.07) is 2.06. The monoisotopic (exact) mass is 396 g/mol. The van der Waals surface area contributed by atoms with Crippen LogP contribution in [-0.2, 0) is 31.3 Å². The molecule has 0 bridgehead atoms. The van der Waals surface area contributed by atoms with Gasteiger partial charge in [-0.15, -0.1) is 11.3 Å². The van der Waals surface area contributed by atoms with Gasteiger partial charge in [0.05, 0.1) is 5.75 Å². The Bertz CT molecular complexity index is 799. The molecule has 136 valence electrons. The maximum atomic E-state index is 12.6. The van der Waals surface area contributed by atoms with Crippen molar-refractivity contribution >= 4 is 37.4 Å². The number of hydrogen-bond donors (Lipinski definition) is 2. The van der Waals surface area contributed by atoms with Crippen molar-refractivity contribution in [1.82, 2.24) is 9.03 Å². The SMILES string of the molecule is CCS(=O)(=O)NCCc1ccc(S(=O)(=O)N2CCCC2C(=O)O)s1. The van der Waals surface area contributed by atoms with Gasteiger partial charge < -0.3 is 5.11 Å². The van der Waals surface area contributed by atoms with Gasteiger partial charge in [-0.05, 0) is 38.3 Å². The van der Waals surface area contributed by atoms with E-state index in [2.05, 4.69) is 4.72 Å². The minimum Gasteiger partial charge on any atom is -0.480 e. The van der Waals surface area contributed by atoms with E-state index >= 15 is 0 Å². The molecule has 11 heteroatoms. The molecule has 1 saturated heterocycles. The van der Waals surface area contributed by atoms with Crippen LogP contribution in [0.25, 0.3) is 0 Å². The Morgan fingerprint density at radius 3 is 2.71 bits per heavy atom. The number of carboxylic acid groups (broad SMARTS) is 1. The Labute approximate surface area is 145 Å². The molecule has 1 aliphatic heterocycles. The molecule has 8 nitrogen and oxygen atoms in total. The smallest absolute Gasteiger partial charge is 0.322 e. The molecule has 1 atom stereocenters. The summed E-state index contributed by atoms with van der Waals surface area (Å²) in [5.41, 5.74) is 0. The second kappa shape index (κ2) is 7.48. The van der Waals surface area contributed by atoms with Crippen LogP contribution in [0.1, 0.15) is 24.6 Å². The van der Waals surface area contributed by atoms with Crippen molar-refractivity contribution in [2.75, 3.05) is 18.8 Å². The maximum absolute atomic E-state index is 12.6. The summed E-state index contributed by atoms with van der Waals surface area (Å²) in [5, 5.41) is 9.15. The number of carboxylic acids is 1. The first kappa shape index (κ1) is 19.3. The molecule has 2 heterocycles. The summed E-state index contributed by atoms with van der Waals surface area (Å²) in [5.74, 6) is -1.15. The fourth-order valence-corrected chi connectivity index (χ4v) is 6.21. The third-order valence-electron chi connectivity index (χ3n) is 3.76. The molecule has 1 unspecified atom stereocenters. The number of nitrogens with one attached hydrogen (secondary N) is 1. The lowest BCUT2D eigenvalue weighted by Gasteiger charge is -2.19. The average molecular weight is 397 g/mol. The number of hydrogen-bond acceptors (Lipinski definition) is 6. The van der Waals surface area contributed by atoms with E-state index in [9.17, 15) is 21.6 Å². The van der Waals surface area contributed by atoms with Gasteiger partial charge in [-0.1, -0.05) is 0 Å². The van der Waals surface area contributed by atoms with Crippen LogP contribution in [-0.4, -0.2) is 57.1 Å². The highest BCUT2D eigenvalue weighted by Crippen LogP contribution is 2.30. The van der Waals surface area contributed by atoms with Gasteiger partial charge in [0.1, 0.15) is 10.3 Å². The van der Waals surface area contributed by atoms with E-state index in [0.717, 1.165) is 20.5 Å². The summed E-state index contributed by atoms with van der Waals surface area (Å²) >= 11 is 1.04.